The molecule has 4 rings (SSSR count). The van der Waals surface area contributed by atoms with Gasteiger partial charge in [-0.15, -0.1) is 15.0 Å². The maximum absolute atomic E-state index is 12.7. The van der Waals surface area contributed by atoms with Crippen molar-refractivity contribution in [1.82, 2.24) is 30.2 Å². The van der Waals surface area contributed by atoms with Gasteiger partial charge in [0.15, 0.2) is 5.82 Å². The molecule has 0 atom stereocenters. The van der Waals surface area contributed by atoms with E-state index in [9.17, 15) is 13.2 Å². The van der Waals surface area contributed by atoms with E-state index >= 15 is 0 Å². The van der Waals surface area contributed by atoms with Gasteiger partial charge in [-0.2, -0.15) is 13.2 Å². The van der Waals surface area contributed by atoms with Crippen LogP contribution in [0.15, 0.2) is 67.1 Å². The zero-order chi connectivity index (χ0) is 19.6. The van der Waals surface area contributed by atoms with Crippen molar-refractivity contribution >= 4 is 11.4 Å². The van der Waals surface area contributed by atoms with Gasteiger partial charge in [0.25, 0.3) is 0 Å². The SMILES string of the molecule is FC(F)(F)c1ccc(Nc2ccccc2-c2nnn(-c3ccncn3)n2)cc1. The Bertz CT molecular complexity index is 1080. The van der Waals surface area contributed by atoms with Crippen LogP contribution >= 0.6 is 0 Å². The smallest absolute Gasteiger partial charge is 0.355 e. The summed E-state index contributed by atoms with van der Waals surface area (Å²) in [7, 11) is 0. The number of benzene rings is 2. The topological polar surface area (TPSA) is 81.4 Å². The number of halogens is 3. The summed E-state index contributed by atoms with van der Waals surface area (Å²) in [5.74, 6) is 0.801. The Morgan fingerprint density at radius 1 is 0.929 bits per heavy atom. The third-order valence-corrected chi connectivity index (χ3v) is 3.84. The van der Waals surface area contributed by atoms with Gasteiger partial charge in [0.1, 0.15) is 6.33 Å². The van der Waals surface area contributed by atoms with Crippen LogP contribution in [0.5, 0.6) is 0 Å². The lowest BCUT2D eigenvalue weighted by molar-refractivity contribution is -0.137. The van der Waals surface area contributed by atoms with Crippen LogP contribution in [0, 0.1) is 0 Å². The van der Waals surface area contributed by atoms with E-state index in [1.807, 2.05) is 0 Å². The van der Waals surface area contributed by atoms with Gasteiger partial charge >= 0.3 is 6.18 Å². The number of rotatable bonds is 4. The number of anilines is 2. The summed E-state index contributed by atoms with van der Waals surface area (Å²) in [5, 5.41) is 15.4. The normalized spacial score (nSPS) is 11.4. The Morgan fingerprint density at radius 2 is 1.71 bits per heavy atom. The lowest BCUT2D eigenvalue weighted by Gasteiger charge is -2.11. The molecule has 0 radical (unpaired) electrons. The van der Waals surface area contributed by atoms with Gasteiger partial charge in [-0.25, -0.2) is 9.97 Å². The second-order valence-corrected chi connectivity index (χ2v) is 5.72. The van der Waals surface area contributed by atoms with E-state index in [4.69, 9.17) is 0 Å². The zero-order valence-electron chi connectivity index (χ0n) is 14.2. The summed E-state index contributed by atoms with van der Waals surface area (Å²) >= 11 is 0. The van der Waals surface area contributed by atoms with Gasteiger partial charge in [-0.1, -0.05) is 12.1 Å². The second-order valence-electron chi connectivity index (χ2n) is 5.72. The number of tetrazole rings is 1. The maximum Gasteiger partial charge on any atom is 0.416 e. The van der Waals surface area contributed by atoms with Crippen molar-refractivity contribution in [3.8, 4) is 17.2 Å². The van der Waals surface area contributed by atoms with Crippen LogP contribution in [0.4, 0.5) is 24.5 Å². The Morgan fingerprint density at radius 3 is 2.43 bits per heavy atom. The summed E-state index contributed by atoms with van der Waals surface area (Å²) in [6, 6.07) is 13.6. The fourth-order valence-electron chi connectivity index (χ4n) is 2.51. The molecule has 0 fully saturated rings. The van der Waals surface area contributed by atoms with E-state index < -0.39 is 11.7 Å². The molecule has 7 nitrogen and oxygen atoms in total. The van der Waals surface area contributed by atoms with Gasteiger partial charge in [-0.05, 0) is 41.6 Å². The summed E-state index contributed by atoms with van der Waals surface area (Å²) in [6.07, 6.45) is -1.44. The highest BCUT2D eigenvalue weighted by Crippen LogP contribution is 2.32. The predicted molar refractivity (Wildman–Crippen MR) is 94.9 cm³/mol. The van der Waals surface area contributed by atoms with Crippen LogP contribution in [-0.2, 0) is 6.18 Å². The fraction of sp³-hybridized carbons (Fsp3) is 0.0556. The molecule has 0 aliphatic heterocycles. The molecular formula is C18H12F3N7. The van der Waals surface area contributed by atoms with Crippen LogP contribution in [0.2, 0.25) is 0 Å². The molecule has 10 heteroatoms. The highest BCUT2D eigenvalue weighted by atomic mass is 19.4. The lowest BCUT2D eigenvalue weighted by Crippen LogP contribution is -2.04. The summed E-state index contributed by atoms with van der Waals surface area (Å²) in [6.45, 7) is 0. The van der Waals surface area contributed by atoms with Gasteiger partial charge in [0.2, 0.25) is 5.82 Å². The molecule has 0 aliphatic carbocycles. The Kier molecular flexibility index (Phi) is 4.44. The summed E-state index contributed by atoms with van der Waals surface area (Å²) < 4.78 is 38.2. The second kappa shape index (κ2) is 7.06. The Labute approximate surface area is 156 Å². The fourth-order valence-corrected chi connectivity index (χ4v) is 2.51. The molecule has 0 saturated carbocycles. The molecule has 4 aromatic rings. The molecule has 28 heavy (non-hydrogen) atoms. The van der Waals surface area contributed by atoms with Crippen molar-refractivity contribution in [2.45, 2.75) is 6.18 Å². The van der Waals surface area contributed by atoms with Gasteiger partial charge in [0, 0.05) is 29.2 Å². The highest BCUT2D eigenvalue weighted by Gasteiger charge is 2.29. The number of nitrogens with one attached hydrogen (secondary N) is 1. The largest absolute Gasteiger partial charge is 0.416 e. The van der Waals surface area contributed by atoms with Gasteiger partial charge in [0.05, 0.1) is 5.56 Å². The minimum atomic E-state index is -4.38. The third-order valence-electron chi connectivity index (χ3n) is 3.84. The first kappa shape index (κ1) is 17.6. The average molecular weight is 383 g/mol. The molecule has 2 aromatic carbocycles. The average Bonchev–Trinajstić information content (AvgIpc) is 3.19. The molecule has 2 aromatic heterocycles. The van der Waals surface area contributed by atoms with Crippen molar-refractivity contribution in [3.05, 3.63) is 72.7 Å². The monoisotopic (exact) mass is 383 g/mol. The molecule has 0 saturated heterocycles. The lowest BCUT2D eigenvalue weighted by atomic mass is 10.1. The number of hydrogen-bond donors (Lipinski definition) is 1. The summed E-state index contributed by atoms with van der Waals surface area (Å²) in [5.41, 5.74) is 1.07. The first-order chi connectivity index (χ1) is 13.5. The standard InChI is InChI=1S/C18H12F3N7/c19-18(20,21)12-5-7-13(8-6-12)24-15-4-2-1-3-14(15)17-25-27-28(26-17)16-9-10-22-11-23-16/h1-11,24H. The molecule has 0 bridgehead atoms. The van der Waals surface area contributed by atoms with E-state index in [0.717, 1.165) is 12.1 Å². The first-order valence-electron chi connectivity index (χ1n) is 8.11. The van der Waals surface area contributed by atoms with Crippen LogP contribution in [0.25, 0.3) is 17.2 Å². The Hall–Kier alpha value is -3.82. The molecule has 0 amide bonds. The summed E-state index contributed by atoms with van der Waals surface area (Å²) in [4.78, 5) is 9.16. The van der Waals surface area contributed by atoms with E-state index in [0.29, 0.717) is 28.6 Å². The van der Waals surface area contributed by atoms with Crippen LogP contribution < -0.4 is 5.32 Å². The van der Waals surface area contributed by atoms with Crippen LogP contribution in [0.3, 0.4) is 0 Å². The maximum atomic E-state index is 12.7. The molecule has 140 valence electrons. The zero-order valence-corrected chi connectivity index (χ0v) is 14.2. The van der Waals surface area contributed by atoms with Crippen molar-refractivity contribution in [2.75, 3.05) is 5.32 Å². The van der Waals surface area contributed by atoms with Crippen molar-refractivity contribution in [1.29, 1.82) is 0 Å². The first-order valence-corrected chi connectivity index (χ1v) is 8.11. The minimum absolute atomic E-state index is 0.341. The highest BCUT2D eigenvalue weighted by molar-refractivity contribution is 5.77. The number of nitrogens with zero attached hydrogens (tertiary/aromatic N) is 6. The molecular weight excluding hydrogens is 371 g/mol. The van der Waals surface area contributed by atoms with Crippen molar-refractivity contribution in [2.24, 2.45) is 0 Å². The minimum Gasteiger partial charge on any atom is -0.355 e. The number of alkyl halides is 3. The molecule has 0 spiro atoms. The molecule has 0 unspecified atom stereocenters. The van der Waals surface area contributed by atoms with Gasteiger partial charge in [-0.3, -0.25) is 0 Å². The van der Waals surface area contributed by atoms with E-state index in [1.54, 1.807) is 36.5 Å². The number of hydrogen-bond acceptors (Lipinski definition) is 6. The number of para-hydroxylation sites is 1. The van der Waals surface area contributed by atoms with Crippen LogP contribution in [-0.4, -0.2) is 30.2 Å². The van der Waals surface area contributed by atoms with Crippen molar-refractivity contribution in [3.63, 3.8) is 0 Å². The third kappa shape index (κ3) is 3.65. The quantitative estimate of drug-likeness (QED) is 0.576. The van der Waals surface area contributed by atoms with E-state index in [1.165, 1.54) is 23.3 Å². The molecule has 2 heterocycles. The van der Waals surface area contributed by atoms with E-state index in [2.05, 4.69) is 30.7 Å². The molecule has 0 aliphatic rings. The van der Waals surface area contributed by atoms with Crippen LogP contribution in [0.1, 0.15) is 5.56 Å². The van der Waals surface area contributed by atoms with Gasteiger partial charge < -0.3 is 5.32 Å². The number of aromatic nitrogens is 6. The Balaban J connectivity index is 1.62. The molecule has 1 N–H and O–H groups in total. The predicted octanol–water partition coefficient (Wildman–Crippen LogP) is 3.88. The van der Waals surface area contributed by atoms with E-state index in [-0.39, 0.29) is 0 Å². The van der Waals surface area contributed by atoms with Crippen molar-refractivity contribution < 1.29 is 13.2 Å².